The smallest absolute Gasteiger partial charge is 0.0361 e. The molecule has 0 saturated carbocycles. The van der Waals surface area contributed by atoms with Crippen molar-refractivity contribution in [2.45, 2.75) is 19.8 Å². The lowest BCUT2D eigenvalue weighted by Crippen LogP contribution is -1.91. The van der Waals surface area contributed by atoms with Crippen LogP contribution in [0.25, 0.3) is 26.9 Å². The molecule has 3 aromatic rings. The average molecular weight is 226 g/mol. The van der Waals surface area contributed by atoms with Crippen molar-refractivity contribution in [2.24, 2.45) is 0 Å². The van der Waals surface area contributed by atoms with Gasteiger partial charge in [0.1, 0.15) is 0 Å². The van der Waals surface area contributed by atoms with Gasteiger partial charge in [-0.05, 0) is 17.9 Å². The van der Waals surface area contributed by atoms with Crippen LogP contribution in [0.5, 0.6) is 0 Å². The van der Waals surface area contributed by atoms with Gasteiger partial charge in [-0.3, -0.25) is 0 Å². The van der Waals surface area contributed by atoms with Gasteiger partial charge in [-0.15, -0.1) is 11.3 Å². The molecular weight excluding hydrogens is 212 g/mol. The van der Waals surface area contributed by atoms with Crippen LogP contribution in [0.4, 0.5) is 0 Å². The second-order valence-electron chi connectivity index (χ2n) is 4.12. The van der Waals surface area contributed by atoms with E-state index >= 15 is 0 Å². The van der Waals surface area contributed by atoms with E-state index in [1.165, 1.54) is 38.2 Å². The molecule has 0 atom stereocenters. The van der Waals surface area contributed by atoms with Gasteiger partial charge in [-0.2, -0.15) is 0 Å². The molecule has 0 N–H and O–H groups in total. The number of rotatable bonds is 2. The Labute approximate surface area is 99.2 Å². The Morgan fingerprint density at radius 1 is 1.12 bits per heavy atom. The van der Waals surface area contributed by atoms with Crippen LogP contribution in [0.3, 0.4) is 0 Å². The molecule has 3 rings (SSSR count). The highest BCUT2D eigenvalue weighted by Crippen LogP contribution is 2.28. The fraction of sp³-hybridized carbons (Fsp3) is 0.200. The SMILES string of the molecule is CCC/C=c1/sc2cccc3cccc1c32. The first kappa shape index (κ1) is 9.86. The highest BCUT2D eigenvalue weighted by Gasteiger charge is 2.04. The van der Waals surface area contributed by atoms with Gasteiger partial charge in [-0.1, -0.05) is 49.8 Å². The van der Waals surface area contributed by atoms with E-state index in [9.17, 15) is 0 Å². The van der Waals surface area contributed by atoms with Crippen LogP contribution in [-0.4, -0.2) is 0 Å². The van der Waals surface area contributed by atoms with Crippen molar-refractivity contribution in [2.75, 3.05) is 0 Å². The van der Waals surface area contributed by atoms with Crippen molar-refractivity contribution in [3.63, 3.8) is 0 Å². The summed E-state index contributed by atoms with van der Waals surface area (Å²) in [4.78, 5) is 0. The molecule has 0 radical (unpaired) electrons. The number of hydrogen-bond acceptors (Lipinski definition) is 1. The number of benzene rings is 2. The van der Waals surface area contributed by atoms with E-state index in [0.717, 1.165) is 0 Å². The zero-order valence-corrected chi connectivity index (χ0v) is 10.2. The molecule has 1 heterocycles. The van der Waals surface area contributed by atoms with E-state index in [-0.39, 0.29) is 0 Å². The summed E-state index contributed by atoms with van der Waals surface area (Å²) in [6.45, 7) is 2.23. The summed E-state index contributed by atoms with van der Waals surface area (Å²) in [7, 11) is 0. The predicted octanol–water partition coefficient (Wildman–Crippen LogP) is 4.35. The fourth-order valence-corrected chi connectivity index (χ4v) is 3.39. The lowest BCUT2D eigenvalue weighted by molar-refractivity contribution is 0.994. The van der Waals surface area contributed by atoms with Crippen molar-refractivity contribution in [3.05, 3.63) is 40.9 Å². The Morgan fingerprint density at radius 3 is 2.75 bits per heavy atom. The van der Waals surface area contributed by atoms with E-state index in [4.69, 9.17) is 0 Å². The fourth-order valence-electron chi connectivity index (χ4n) is 2.20. The third-order valence-corrected chi connectivity index (χ3v) is 4.14. The monoisotopic (exact) mass is 226 g/mol. The lowest BCUT2D eigenvalue weighted by Gasteiger charge is -1.95. The van der Waals surface area contributed by atoms with Gasteiger partial charge >= 0.3 is 0 Å². The maximum absolute atomic E-state index is 2.37. The minimum atomic E-state index is 1.17. The van der Waals surface area contributed by atoms with Gasteiger partial charge < -0.3 is 0 Å². The number of hydrogen-bond donors (Lipinski definition) is 0. The first-order valence-corrected chi connectivity index (χ1v) is 6.62. The molecule has 0 spiro atoms. The summed E-state index contributed by atoms with van der Waals surface area (Å²) in [5.74, 6) is 0. The molecule has 0 aliphatic rings. The molecule has 2 aromatic carbocycles. The second-order valence-corrected chi connectivity index (χ2v) is 5.20. The molecule has 0 amide bonds. The van der Waals surface area contributed by atoms with Crippen LogP contribution in [0, 0.1) is 0 Å². The van der Waals surface area contributed by atoms with E-state index in [0.29, 0.717) is 0 Å². The van der Waals surface area contributed by atoms with Crippen LogP contribution < -0.4 is 4.53 Å². The van der Waals surface area contributed by atoms with Crippen LogP contribution in [0.1, 0.15) is 19.8 Å². The summed E-state index contributed by atoms with van der Waals surface area (Å²) in [6.07, 6.45) is 4.77. The first-order chi connectivity index (χ1) is 7.90. The molecule has 0 aliphatic carbocycles. The maximum Gasteiger partial charge on any atom is 0.0361 e. The first-order valence-electron chi connectivity index (χ1n) is 5.80. The highest BCUT2D eigenvalue weighted by molar-refractivity contribution is 7.18. The molecule has 16 heavy (non-hydrogen) atoms. The molecule has 0 saturated heterocycles. The van der Waals surface area contributed by atoms with Crippen molar-refractivity contribution >= 4 is 38.3 Å². The number of unbranched alkanes of at least 4 members (excludes halogenated alkanes) is 1. The molecule has 0 fully saturated rings. The Balaban J connectivity index is 2.44. The predicted molar refractivity (Wildman–Crippen MR) is 73.9 cm³/mol. The maximum atomic E-state index is 2.37. The van der Waals surface area contributed by atoms with Crippen LogP contribution in [0.15, 0.2) is 36.4 Å². The summed E-state index contributed by atoms with van der Waals surface area (Å²) in [5, 5.41) is 4.23. The molecule has 0 aliphatic heterocycles. The summed E-state index contributed by atoms with van der Waals surface area (Å²) < 4.78 is 2.85. The molecule has 0 unspecified atom stereocenters. The van der Waals surface area contributed by atoms with Gasteiger partial charge in [0.05, 0.1) is 0 Å². The van der Waals surface area contributed by atoms with Crippen molar-refractivity contribution in [1.29, 1.82) is 0 Å². The Kier molecular flexibility index (Phi) is 2.41. The quantitative estimate of drug-likeness (QED) is 0.609. The van der Waals surface area contributed by atoms with Crippen LogP contribution in [-0.2, 0) is 0 Å². The summed E-state index contributed by atoms with van der Waals surface area (Å²) >= 11 is 1.92. The van der Waals surface area contributed by atoms with Crippen LogP contribution in [0.2, 0.25) is 0 Å². The topological polar surface area (TPSA) is 0 Å². The van der Waals surface area contributed by atoms with Crippen molar-refractivity contribution < 1.29 is 0 Å². The van der Waals surface area contributed by atoms with Crippen molar-refractivity contribution in [3.8, 4) is 0 Å². The van der Waals surface area contributed by atoms with E-state index in [1.54, 1.807) is 0 Å². The molecule has 0 bridgehead atoms. The molecule has 0 nitrogen and oxygen atoms in total. The van der Waals surface area contributed by atoms with E-state index in [1.807, 2.05) is 11.3 Å². The minimum absolute atomic E-state index is 1.17. The van der Waals surface area contributed by atoms with Gasteiger partial charge in [0.15, 0.2) is 0 Å². The highest BCUT2D eigenvalue weighted by atomic mass is 32.1. The van der Waals surface area contributed by atoms with E-state index < -0.39 is 0 Å². The molecule has 80 valence electrons. The average Bonchev–Trinajstić information content (AvgIpc) is 2.68. The van der Waals surface area contributed by atoms with Gasteiger partial charge in [-0.25, -0.2) is 0 Å². The second kappa shape index (κ2) is 3.91. The van der Waals surface area contributed by atoms with E-state index in [2.05, 4.69) is 49.4 Å². The zero-order valence-electron chi connectivity index (χ0n) is 9.36. The third kappa shape index (κ3) is 1.43. The van der Waals surface area contributed by atoms with Gasteiger partial charge in [0, 0.05) is 20.0 Å². The Morgan fingerprint density at radius 2 is 1.94 bits per heavy atom. The standard InChI is InChI=1S/C15H14S/c1-2-3-9-13-12-8-4-6-11-7-5-10-14(16-13)15(11)12/h4-10H,2-3H2,1H3/b13-9+. The van der Waals surface area contributed by atoms with Crippen molar-refractivity contribution in [1.82, 2.24) is 0 Å². The Hall–Kier alpha value is -1.34. The third-order valence-electron chi connectivity index (χ3n) is 2.97. The Bertz CT molecular complexity index is 671. The largest absolute Gasteiger partial charge is 0.136 e. The summed E-state index contributed by atoms with van der Waals surface area (Å²) in [6, 6.07) is 13.2. The van der Waals surface area contributed by atoms with Gasteiger partial charge in [0.25, 0.3) is 0 Å². The zero-order chi connectivity index (χ0) is 11.0. The molecule has 1 heteroatoms. The normalized spacial score (nSPS) is 12.9. The minimum Gasteiger partial charge on any atom is -0.136 e. The number of thiophene rings is 1. The lowest BCUT2D eigenvalue weighted by atomic mass is 10.1. The molecule has 1 aromatic heterocycles. The van der Waals surface area contributed by atoms with Gasteiger partial charge in [0.2, 0.25) is 0 Å². The molecular formula is C15H14S. The van der Waals surface area contributed by atoms with Crippen LogP contribution >= 0.6 is 11.3 Å². The summed E-state index contributed by atoms with van der Waals surface area (Å²) in [5.41, 5.74) is 0.